The van der Waals surface area contributed by atoms with E-state index in [4.69, 9.17) is 13.9 Å². The Morgan fingerprint density at radius 3 is 2.83 bits per heavy atom. The molecule has 0 unspecified atom stereocenters. The third-order valence-electron chi connectivity index (χ3n) is 2.44. The first kappa shape index (κ1) is 12.2. The van der Waals surface area contributed by atoms with Crippen LogP contribution in [0.15, 0.2) is 33.5 Å². The van der Waals surface area contributed by atoms with E-state index in [9.17, 15) is 9.59 Å². The molecular weight excluding hydrogens is 236 g/mol. The number of fused-ring (bicyclic) bond motifs is 1. The van der Waals surface area contributed by atoms with Crippen molar-refractivity contribution in [2.75, 3.05) is 13.7 Å². The number of rotatable bonds is 3. The second-order valence-corrected chi connectivity index (χ2v) is 3.55. The van der Waals surface area contributed by atoms with Crippen LogP contribution in [-0.2, 0) is 4.74 Å². The SMILES string of the molecule is CCOC(=O)c1cc2cccc(OC)c2oc1=O. The fourth-order valence-electron chi connectivity index (χ4n) is 1.63. The average molecular weight is 248 g/mol. The van der Waals surface area contributed by atoms with Crippen LogP contribution in [0, 0.1) is 0 Å². The fourth-order valence-corrected chi connectivity index (χ4v) is 1.63. The quantitative estimate of drug-likeness (QED) is 0.613. The van der Waals surface area contributed by atoms with E-state index in [-0.39, 0.29) is 12.2 Å². The maximum Gasteiger partial charge on any atom is 0.351 e. The number of esters is 1. The number of para-hydroxylation sites is 1. The van der Waals surface area contributed by atoms with Crippen molar-refractivity contribution in [3.63, 3.8) is 0 Å². The lowest BCUT2D eigenvalue weighted by atomic mass is 10.2. The molecule has 0 aliphatic rings. The van der Waals surface area contributed by atoms with Crippen LogP contribution in [0.1, 0.15) is 17.3 Å². The number of carbonyl (C=O) groups excluding carboxylic acids is 1. The molecule has 0 amide bonds. The minimum atomic E-state index is -0.731. The molecule has 0 spiro atoms. The minimum Gasteiger partial charge on any atom is -0.493 e. The Labute approximate surface area is 103 Å². The third kappa shape index (κ3) is 2.07. The van der Waals surface area contributed by atoms with Crippen LogP contribution in [0.25, 0.3) is 11.0 Å². The summed E-state index contributed by atoms with van der Waals surface area (Å²) in [6, 6.07) is 6.59. The average Bonchev–Trinajstić information content (AvgIpc) is 2.37. The molecule has 94 valence electrons. The molecular formula is C13H12O5. The number of benzene rings is 1. The van der Waals surface area contributed by atoms with E-state index in [0.717, 1.165) is 0 Å². The van der Waals surface area contributed by atoms with Gasteiger partial charge in [0, 0.05) is 5.39 Å². The fraction of sp³-hybridized carbons (Fsp3) is 0.231. The van der Waals surface area contributed by atoms with E-state index >= 15 is 0 Å². The zero-order valence-corrected chi connectivity index (χ0v) is 10.1. The highest BCUT2D eigenvalue weighted by atomic mass is 16.5. The Kier molecular flexibility index (Phi) is 3.32. The Bertz CT molecular complexity index is 641. The predicted octanol–water partition coefficient (Wildman–Crippen LogP) is 1.98. The van der Waals surface area contributed by atoms with Crippen molar-refractivity contribution >= 4 is 16.9 Å². The lowest BCUT2D eigenvalue weighted by Crippen LogP contribution is -2.16. The van der Waals surface area contributed by atoms with E-state index in [1.165, 1.54) is 13.2 Å². The second kappa shape index (κ2) is 4.91. The molecule has 5 nitrogen and oxygen atoms in total. The summed E-state index contributed by atoms with van der Waals surface area (Å²) in [5, 5.41) is 0.608. The predicted molar refractivity (Wildman–Crippen MR) is 65.0 cm³/mol. The number of ether oxygens (including phenoxy) is 2. The molecule has 2 rings (SSSR count). The van der Waals surface area contributed by atoms with Crippen molar-refractivity contribution in [2.45, 2.75) is 6.92 Å². The molecule has 0 radical (unpaired) electrons. The normalized spacial score (nSPS) is 10.3. The molecule has 0 saturated carbocycles. The molecule has 0 saturated heterocycles. The van der Waals surface area contributed by atoms with Crippen LogP contribution >= 0.6 is 0 Å². The Hall–Kier alpha value is -2.30. The van der Waals surface area contributed by atoms with Crippen molar-refractivity contribution < 1.29 is 18.7 Å². The number of methoxy groups -OCH3 is 1. The van der Waals surface area contributed by atoms with Crippen LogP contribution < -0.4 is 10.4 Å². The van der Waals surface area contributed by atoms with E-state index in [0.29, 0.717) is 16.7 Å². The van der Waals surface area contributed by atoms with Crippen LogP contribution in [0.2, 0.25) is 0 Å². The van der Waals surface area contributed by atoms with Gasteiger partial charge in [-0.3, -0.25) is 0 Å². The highest BCUT2D eigenvalue weighted by Gasteiger charge is 2.16. The zero-order valence-electron chi connectivity index (χ0n) is 10.1. The summed E-state index contributed by atoms with van der Waals surface area (Å²) < 4.78 is 15.0. The van der Waals surface area contributed by atoms with Gasteiger partial charge in [0.2, 0.25) is 0 Å². The molecule has 0 atom stereocenters. The molecule has 0 fully saturated rings. The largest absolute Gasteiger partial charge is 0.493 e. The first-order chi connectivity index (χ1) is 8.67. The molecule has 1 aromatic heterocycles. The standard InChI is InChI=1S/C13H12O5/c1-3-17-12(14)9-7-8-5-4-6-10(16-2)11(8)18-13(9)15/h4-7H,3H2,1-2H3. The zero-order chi connectivity index (χ0) is 13.1. The number of hydrogen-bond donors (Lipinski definition) is 0. The Morgan fingerprint density at radius 1 is 1.39 bits per heavy atom. The second-order valence-electron chi connectivity index (χ2n) is 3.55. The number of carbonyl (C=O) groups is 1. The Morgan fingerprint density at radius 2 is 2.17 bits per heavy atom. The Balaban J connectivity index is 2.63. The minimum absolute atomic E-state index is 0.113. The smallest absolute Gasteiger partial charge is 0.351 e. The third-order valence-corrected chi connectivity index (χ3v) is 2.44. The maximum absolute atomic E-state index is 11.7. The molecule has 1 heterocycles. The first-order valence-electron chi connectivity index (χ1n) is 5.45. The summed E-state index contributed by atoms with van der Waals surface area (Å²) >= 11 is 0. The van der Waals surface area contributed by atoms with E-state index < -0.39 is 11.6 Å². The summed E-state index contributed by atoms with van der Waals surface area (Å²) in [5.41, 5.74) is -0.527. The lowest BCUT2D eigenvalue weighted by molar-refractivity contribution is 0.0521. The van der Waals surface area contributed by atoms with Gasteiger partial charge in [-0.15, -0.1) is 0 Å². The van der Waals surface area contributed by atoms with Gasteiger partial charge in [0.25, 0.3) is 0 Å². The van der Waals surface area contributed by atoms with Crippen LogP contribution in [0.3, 0.4) is 0 Å². The monoisotopic (exact) mass is 248 g/mol. The molecule has 0 N–H and O–H groups in total. The summed E-state index contributed by atoms with van der Waals surface area (Å²) in [6.07, 6.45) is 0. The highest BCUT2D eigenvalue weighted by Crippen LogP contribution is 2.24. The number of hydrogen-bond acceptors (Lipinski definition) is 5. The highest BCUT2D eigenvalue weighted by molar-refractivity contribution is 5.93. The molecule has 2 aromatic rings. The van der Waals surface area contributed by atoms with Crippen molar-refractivity contribution in [1.82, 2.24) is 0 Å². The molecule has 0 aliphatic heterocycles. The van der Waals surface area contributed by atoms with Gasteiger partial charge in [0.05, 0.1) is 13.7 Å². The van der Waals surface area contributed by atoms with Crippen LogP contribution in [0.4, 0.5) is 0 Å². The van der Waals surface area contributed by atoms with Crippen LogP contribution in [-0.4, -0.2) is 19.7 Å². The van der Waals surface area contributed by atoms with Crippen LogP contribution in [0.5, 0.6) is 5.75 Å². The topological polar surface area (TPSA) is 65.7 Å². The van der Waals surface area contributed by atoms with E-state index in [1.807, 2.05) is 0 Å². The van der Waals surface area contributed by atoms with Gasteiger partial charge in [0.15, 0.2) is 11.3 Å². The summed E-state index contributed by atoms with van der Waals surface area (Å²) in [5.74, 6) is -0.240. The molecule has 18 heavy (non-hydrogen) atoms. The van der Waals surface area contributed by atoms with Crippen molar-refractivity contribution in [2.24, 2.45) is 0 Å². The lowest BCUT2D eigenvalue weighted by Gasteiger charge is -2.05. The van der Waals surface area contributed by atoms with E-state index in [2.05, 4.69) is 0 Å². The van der Waals surface area contributed by atoms with E-state index in [1.54, 1.807) is 25.1 Å². The van der Waals surface area contributed by atoms with Crippen molar-refractivity contribution in [3.05, 3.63) is 40.2 Å². The van der Waals surface area contributed by atoms with Gasteiger partial charge < -0.3 is 13.9 Å². The van der Waals surface area contributed by atoms with Gasteiger partial charge in [-0.1, -0.05) is 12.1 Å². The van der Waals surface area contributed by atoms with Gasteiger partial charge in [-0.05, 0) is 19.1 Å². The van der Waals surface area contributed by atoms with Crippen molar-refractivity contribution in [1.29, 1.82) is 0 Å². The summed E-state index contributed by atoms with van der Waals surface area (Å²) in [6.45, 7) is 1.87. The summed E-state index contributed by atoms with van der Waals surface area (Å²) in [4.78, 5) is 23.2. The van der Waals surface area contributed by atoms with Gasteiger partial charge in [0.1, 0.15) is 5.56 Å². The maximum atomic E-state index is 11.7. The molecule has 5 heteroatoms. The summed E-state index contributed by atoms with van der Waals surface area (Å²) in [7, 11) is 1.48. The van der Waals surface area contributed by atoms with Gasteiger partial charge in [-0.25, -0.2) is 9.59 Å². The van der Waals surface area contributed by atoms with Gasteiger partial charge in [-0.2, -0.15) is 0 Å². The molecule has 0 aliphatic carbocycles. The van der Waals surface area contributed by atoms with Gasteiger partial charge >= 0.3 is 11.6 Å². The first-order valence-corrected chi connectivity index (χ1v) is 5.45. The molecule has 0 bridgehead atoms. The van der Waals surface area contributed by atoms with Crippen molar-refractivity contribution in [3.8, 4) is 5.75 Å². The molecule has 1 aromatic carbocycles.